The predicted molar refractivity (Wildman–Crippen MR) is 91.2 cm³/mol. The van der Waals surface area contributed by atoms with Crippen LogP contribution in [0.2, 0.25) is 0 Å². The summed E-state index contributed by atoms with van der Waals surface area (Å²) in [7, 11) is 1.95. The van der Waals surface area contributed by atoms with E-state index < -0.39 is 0 Å². The quantitative estimate of drug-likeness (QED) is 0.921. The van der Waals surface area contributed by atoms with Crippen molar-refractivity contribution in [3.05, 3.63) is 34.2 Å². The van der Waals surface area contributed by atoms with Crippen LogP contribution >= 0.6 is 11.3 Å². The van der Waals surface area contributed by atoms with Gasteiger partial charge in [-0.1, -0.05) is 0 Å². The summed E-state index contributed by atoms with van der Waals surface area (Å²) in [6.07, 6.45) is 0. The number of aromatic nitrogens is 2. The minimum absolute atomic E-state index is 0.0249. The van der Waals surface area contributed by atoms with E-state index in [1.807, 2.05) is 35.0 Å². The molecule has 0 aliphatic heterocycles. The van der Waals surface area contributed by atoms with Crippen LogP contribution in [0, 0.1) is 6.92 Å². The topological polar surface area (TPSA) is 50.2 Å². The van der Waals surface area contributed by atoms with E-state index in [1.54, 1.807) is 11.3 Å². The number of hydrogen-bond acceptors (Lipinski definition) is 4. The third kappa shape index (κ3) is 4.42. The number of carbonyl (C=O) groups excluding carboxylic acids is 1. The monoisotopic (exact) mass is 320 g/mol. The van der Waals surface area contributed by atoms with Gasteiger partial charge < -0.3 is 5.32 Å². The summed E-state index contributed by atoms with van der Waals surface area (Å²) in [5.74, 6) is 0.724. The Morgan fingerprint density at radius 2 is 2.18 bits per heavy atom. The van der Waals surface area contributed by atoms with Crippen molar-refractivity contribution < 1.29 is 4.79 Å². The number of anilines is 1. The molecule has 0 spiro atoms. The van der Waals surface area contributed by atoms with Gasteiger partial charge in [-0.2, -0.15) is 16.4 Å². The van der Waals surface area contributed by atoms with Gasteiger partial charge in [-0.25, -0.2) is 4.68 Å². The third-order valence-corrected chi connectivity index (χ3v) is 3.91. The highest BCUT2D eigenvalue weighted by atomic mass is 32.1. The fraction of sp³-hybridized carbons (Fsp3) is 0.500. The van der Waals surface area contributed by atoms with Gasteiger partial charge in [0.25, 0.3) is 0 Å². The van der Waals surface area contributed by atoms with Gasteiger partial charge in [0.15, 0.2) is 0 Å². The van der Waals surface area contributed by atoms with E-state index in [-0.39, 0.29) is 11.4 Å². The molecule has 0 atom stereocenters. The van der Waals surface area contributed by atoms with E-state index >= 15 is 0 Å². The lowest BCUT2D eigenvalue weighted by Gasteiger charge is -2.23. The Labute approximate surface area is 135 Å². The number of nitrogens with one attached hydrogen (secondary N) is 1. The molecule has 2 aromatic heterocycles. The van der Waals surface area contributed by atoms with Crippen molar-refractivity contribution in [3.63, 3.8) is 0 Å². The van der Waals surface area contributed by atoms with Gasteiger partial charge in [0.2, 0.25) is 5.91 Å². The first-order valence-electron chi connectivity index (χ1n) is 7.32. The van der Waals surface area contributed by atoms with E-state index in [1.165, 1.54) is 5.56 Å². The molecule has 2 rings (SSSR count). The predicted octanol–water partition coefficient (Wildman–Crippen LogP) is 3.08. The largest absolute Gasteiger partial charge is 0.310 e. The maximum absolute atomic E-state index is 12.2. The first-order chi connectivity index (χ1) is 10.3. The minimum atomic E-state index is -0.167. The smallest absolute Gasteiger partial charge is 0.239 e. The molecule has 0 fully saturated rings. The molecule has 0 saturated heterocycles. The zero-order valence-electron chi connectivity index (χ0n) is 13.9. The number of rotatable bonds is 5. The van der Waals surface area contributed by atoms with Crippen molar-refractivity contribution in [2.45, 2.75) is 39.8 Å². The van der Waals surface area contributed by atoms with Gasteiger partial charge in [0, 0.05) is 12.6 Å². The Morgan fingerprint density at radius 3 is 2.77 bits per heavy atom. The van der Waals surface area contributed by atoms with Crippen molar-refractivity contribution in [3.8, 4) is 0 Å². The third-order valence-electron chi connectivity index (χ3n) is 3.18. The SMILES string of the molecule is Cc1cc(NC(=O)CN(C)Cc2ccsc2)n(C(C)(C)C)n1. The van der Waals surface area contributed by atoms with Crippen LogP contribution in [-0.4, -0.2) is 34.2 Å². The van der Waals surface area contributed by atoms with E-state index in [0.717, 1.165) is 18.1 Å². The lowest BCUT2D eigenvalue weighted by molar-refractivity contribution is -0.117. The molecule has 120 valence electrons. The summed E-state index contributed by atoms with van der Waals surface area (Å²) in [6, 6.07) is 3.99. The molecule has 5 nitrogen and oxygen atoms in total. The minimum Gasteiger partial charge on any atom is -0.310 e. The normalized spacial score (nSPS) is 11.9. The Balaban J connectivity index is 1.97. The Bertz CT molecular complexity index is 625. The Hall–Kier alpha value is -1.66. The molecule has 22 heavy (non-hydrogen) atoms. The van der Waals surface area contributed by atoms with E-state index in [9.17, 15) is 4.79 Å². The summed E-state index contributed by atoms with van der Waals surface area (Å²) in [5.41, 5.74) is 1.96. The molecule has 0 radical (unpaired) electrons. The highest BCUT2D eigenvalue weighted by molar-refractivity contribution is 7.07. The maximum Gasteiger partial charge on any atom is 0.239 e. The van der Waals surface area contributed by atoms with E-state index in [4.69, 9.17) is 0 Å². The fourth-order valence-corrected chi connectivity index (χ4v) is 2.94. The molecular weight excluding hydrogens is 296 g/mol. The average Bonchev–Trinajstić information content (AvgIpc) is 2.97. The van der Waals surface area contributed by atoms with Crippen molar-refractivity contribution in [1.29, 1.82) is 0 Å². The molecule has 2 heterocycles. The van der Waals surface area contributed by atoms with Crippen molar-refractivity contribution in [2.75, 3.05) is 18.9 Å². The molecule has 0 bridgehead atoms. The summed E-state index contributed by atoms with van der Waals surface area (Å²) in [6.45, 7) is 9.26. The van der Waals surface area contributed by atoms with E-state index in [2.05, 4.69) is 42.6 Å². The highest BCUT2D eigenvalue weighted by Gasteiger charge is 2.20. The van der Waals surface area contributed by atoms with Crippen LogP contribution in [0.15, 0.2) is 22.9 Å². The molecule has 0 saturated carbocycles. The average molecular weight is 320 g/mol. The first kappa shape index (κ1) is 16.7. The number of thiophene rings is 1. The first-order valence-corrected chi connectivity index (χ1v) is 8.26. The summed E-state index contributed by atoms with van der Waals surface area (Å²) in [4.78, 5) is 14.3. The molecule has 2 aromatic rings. The van der Waals surface area contributed by atoms with Crippen LogP contribution in [0.3, 0.4) is 0 Å². The van der Waals surface area contributed by atoms with Gasteiger partial charge in [0.1, 0.15) is 5.82 Å². The van der Waals surface area contributed by atoms with Crippen LogP contribution in [0.25, 0.3) is 0 Å². The van der Waals surface area contributed by atoms with Crippen LogP contribution in [0.1, 0.15) is 32.0 Å². The Morgan fingerprint density at radius 1 is 1.45 bits per heavy atom. The van der Waals surface area contributed by atoms with E-state index in [0.29, 0.717) is 6.54 Å². The zero-order valence-corrected chi connectivity index (χ0v) is 14.7. The molecule has 1 N–H and O–H groups in total. The number of aryl methyl sites for hydroxylation is 1. The number of carbonyl (C=O) groups is 1. The van der Waals surface area contributed by atoms with Crippen LogP contribution in [0.5, 0.6) is 0 Å². The molecule has 0 aliphatic rings. The van der Waals surface area contributed by atoms with Crippen LogP contribution < -0.4 is 5.32 Å². The molecule has 0 aromatic carbocycles. The Kier molecular flexibility index (Phi) is 5.03. The lowest BCUT2D eigenvalue weighted by atomic mass is 10.1. The molecule has 0 aliphatic carbocycles. The zero-order chi connectivity index (χ0) is 16.3. The molecule has 6 heteroatoms. The van der Waals surface area contributed by atoms with Gasteiger partial charge in [-0.05, 0) is 57.1 Å². The van der Waals surface area contributed by atoms with Gasteiger partial charge in [-0.3, -0.25) is 9.69 Å². The summed E-state index contributed by atoms with van der Waals surface area (Å²) in [5, 5.41) is 11.6. The maximum atomic E-state index is 12.2. The molecule has 1 amide bonds. The van der Waals surface area contributed by atoms with Crippen molar-refractivity contribution in [1.82, 2.24) is 14.7 Å². The highest BCUT2D eigenvalue weighted by Crippen LogP contribution is 2.21. The van der Waals surface area contributed by atoms with Crippen molar-refractivity contribution in [2.24, 2.45) is 0 Å². The fourth-order valence-electron chi connectivity index (χ4n) is 2.28. The second-order valence-electron chi connectivity index (χ2n) is 6.61. The number of nitrogens with zero attached hydrogens (tertiary/aromatic N) is 3. The number of amides is 1. The van der Waals surface area contributed by atoms with Gasteiger partial charge in [0.05, 0.1) is 17.8 Å². The molecule has 0 unspecified atom stereocenters. The summed E-state index contributed by atoms with van der Waals surface area (Å²) >= 11 is 1.67. The van der Waals surface area contributed by atoms with Gasteiger partial charge in [-0.15, -0.1) is 0 Å². The lowest BCUT2D eigenvalue weighted by Crippen LogP contribution is -2.32. The molecular formula is C16H24N4OS. The van der Waals surface area contributed by atoms with Crippen LogP contribution in [-0.2, 0) is 16.9 Å². The van der Waals surface area contributed by atoms with Gasteiger partial charge >= 0.3 is 0 Å². The second-order valence-corrected chi connectivity index (χ2v) is 7.39. The standard InChI is InChI=1S/C16H24N4OS/c1-12-8-14(20(18-12)16(2,3)4)17-15(21)10-19(5)9-13-6-7-22-11-13/h6-8,11H,9-10H2,1-5H3,(H,17,21). The summed E-state index contributed by atoms with van der Waals surface area (Å²) < 4.78 is 1.86. The number of likely N-dealkylation sites (N-methyl/N-ethyl adjacent to an activating group) is 1. The van der Waals surface area contributed by atoms with Crippen molar-refractivity contribution >= 4 is 23.1 Å². The van der Waals surface area contributed by atoms with Crippen LogP contribution in [0.4, 0.5) is 5.82 Å². The number of hydrogen-bond donors (Lipinski definition) is 1. The second kappa shape index (κ2) is 6.62.